The quantitative estimate of drug-likeness (QED) is 0.873. The van der Waals surface area contributed by atoms with Crippen molar-refractivity contribution in [3.8, 4) is 0 Å². The number of pyridine rings is 1. The molecule has 0 spiro atoms. The van der Waals surface area contributed by atoms with Gasteiger partial charge in [-0.2, -0.15) is 0 Å². The Balaban J connectivity index is 1.54. The fraction of sp³-hybridized carbons (Fsp3) is 0.625. The molecule has 6 nitrogen and oxygen atoms in total. The first-order valence-corrected chi connectivity index (χ1v) is 8.40. The lowest BCUT2D eigenvalue weighted by Gasteiger charge is -2.29. The number of piperazine rings is 1. The van der Waals surface area contributed by atoms with Crippen molar-refractivity contribution >= 4 is 11.3 Å². The van der Waals surface area contributed by atoms with E-state index < -0.39 is 0 Å². The van der Waals surface area contributed by atoms with E-state index in [-0.39, 0.29) is 0 Å². The Kier molecular flexibility index (Phi) is 3.95. The first kappa shape index (κ1) is 14.0. The lowest BCUT2D eigenvalue weighted by molar-refractivity contribution is 0.366. The highest BCUT2D eigenvalue weighted by molar-refractivity contribution is 5.56. The second-order valence-corrected chi connectivity index (χ2v) is 6.36. The Bertz CT molecular complexity index is 625. The minimum atomic E-state index is 0.737. The van der Waals surface area contributed by atoms with Gasteiger partial charge in [-0.1, -0.05) is 0 Å². The fourth-order valence-corrected chi connectivity index (χ4v) is 3.53. The van der Waals surface area contributed by atoms with Gasteiger partial charge >= 0.3 is 0 Å². The van der Waals surface area contributed by atoms with Crippen LogP contribution < -0.4 is 15.5 Å². The zero-order valence-corrected chi connectivity index (χ0v) is 13.0. The van der Waals surface area contributed by atoms with E-state index in [4.69, 9.17) is 0 Å². The standard InChI is InChI=1S/C16H24N6/c1-4-17-5-2-13(1)11-15-19-20-16-12-14(3-8-22(15)16)21-9-6-18-7-10-21/h3,8,12-13,17-18H,1-2,4-7,9-11H2. The zero-order chi connectivity index (χ0) is 14.8. The van der Waals surface area contributed by atoms with Crippen molar-refractivity contribution in [3.63, 3.8) is 0 Å². The maximum Gasteiger partial charge on any atom is 0.162 e. The number of anilines is 1. The van der Waals surface area contributed by atoms with E-state index in [1.807, 2.05) is 0 Å². The van der Waals surface area contributed by atoms with Gasteiger partial charge in [0.15, 0.2) is 5.65 Å². The van der Waals surface area contributed by atoms with E-state index in [0.717, 1.165) is 63.1 Å². The van der Waals surface area contributed by atoms with Gasteiger partial charge in [0.2, 0.25) is 0 Å². The number of rotatable bonds is 3. The first-order valence-electron chi connectivity index (χ1n) is 8.40. The topological polar surface area (TPSA) is 57.5 Å². The van der Waals surface area contributed by atoms with Crippen LogP contribution in [0, 0.1) is 5.92 Å². The van der Waals surface area contributed by atoms with Gasteiger partial charge in [-0.05, 0) is 37.9 Å². The maximum absolute atomic E-state index is 4.44. The van der Waals surface area contributed by atoms with Crippen LogP contribution >= 0.6 is 0 Å². The second-order valence-electron chi connectivity index (χ2n) is 6.36. The predicted octanol–water partition coefficient (Wildman–Crippen LogP) is 0.681. The van der Waals surface area contributed by atoms with E-state index >= 15 is 0 Å². The summed E-state index contributed by atoms with van der Waals surface area (Å²) in [6, 6.07) is 4.37. The molecule has 0 radical (unpaired) electrons. The number of hydrogen-bond acceptors (Lipinski definition) is 5. The summed E-state index contributed by atoms with van der Waals surface area (Å²) in [6.07, 6.45) is 5.67. The molecule has 4 heterocycles. The average Bonchev–Trinajstić information content (AvgIpc) is 2.99. The summed E-state index contributed by atoms with van der Waals surface area (Å²) < 4.78 is 2.16. The number of piperidine rings is 1. The van der Waals surface area contributed by atoms with E-state index in [1.54, 1.807) is 0 Å². The van der Waals surface area contributed by atoms with Gasteiger partial charge in [0, 0.05) is 50.6 Å². The molecule has 2 aromatic heterocycles. The number of nitrogens with one attached hydrogen (secondary N) is 2. The van der Waals surface area contributed by atoms with Crippen LogP contribution in [0.5, 0.6) is 0 Å². The molecule has 0 unspecified atom stereocenters. The molecule has 2 aromatic rings. The lowest BCUT2D eigenvalue weighted by atomic mass is 9.94. The first-order chi connectivity index (χ1) is 10.9. The normalized spacial score (nSPS) is 20.6. The second kappa shape index (κ2) is 6.22. The van der Waals surface area contributed by atoms with Crippen LogP contribution in [0.25, 0.3) is 5.65 Å². The van der Waals surface area contributed by atoms with Crippen molar-refractivity contribution < 1.29 is 0 Å². The summed E-state index contributed by atoms with van der Waals surface area (Å²) in [6.45, 7) is 6.50. The van der Waals surface area contributed by atoms with E-state index in [2.05, 4.69) is 48.5 Å². The van der Waals surface area contributed by atoms with Crippen molar-refractivity contribution in [2.75, 3.05) is 44.2 Å². The van der Waals surface area contributed by atoms with E-state index in [1.165, 1.54) is 18.5 Å². The molecule has 4 rings (SSSR count). The maximum atomic E-state index is 4.44. The molecule has 2 N–H and O–H groups in total. The Labute approximate surface area is 130 Å². The van der Waals surface area contributed by atoms with Gasteiger partial charge in [-0.3, -0.25) is 4.40 Å². The van der Waals surface area contributed by atoms with Gasteiger partial charge < -0.3 is 15.5 Å². The molecular weight excluding hydrogens is 276 g/mol. The Morgan fingerprint density at radius 1 is 1.05 bits per heavy atom. The summed E-state index contributed by atoms with van der Waals surface area (Å²) >= 11 is 0. The summed E-state index contributed by atoms with van der Waals surface area (Å²) in [5, 5.41) is 15.6. The van der Waals surface area contributed by atoms with E-state index in [0.29, 0.717) is 0 Å². The fourth-order valence-electron chi connectivity index (χ4n) is 3.53. The molecule has 6 heteroatoms. The zero-order valence-electron chi connectivity index (χ0n) is 13.0. The minimum absolute atomic E-state index is 0.737. The smallest absolute Gasteiger partial charge is 0.162 e. The number of fused-ring (bicyclic) bond motifs is 1. The largest absolute Gasteiger partial charge is 0.369 e. The molecule has 2 saturated heterocycles. The molecule has 2 aliphatic rings. The molecule has 0 aliphatic carbocycles. The summed E-state index contributed by atoms with van der Waals surface area (Å²) in [5.74, 6) is 1.84. The Hall–Kier alpha value is -1.66. The van der Waals surface area contributed by atoms with Crippen LogP contribution in [0.1, 0.15) is 18.7 Å². The predicted molar refractivity (Wildman–Crippen MR) is 87.4 cm³/mol. The van der Waals surface area contributed by atoms with Gasteiger partial charge in [-0.15, -0.1) is 10.2 Å². The highest BCUT2D eigenvalue weighted by Gasteiger charge is 2.17. The Morgan fingerprint density at radius 3 is 2.64 bits per heavy atom. The van der Waals surface area contributed by atoms with Gasteiger partial charge in [0.05, 0.1) is 0 Å². The average molecular weight is 300 g/mol. The van der Waals surface area contributed by atoms with Crippen LogP contribution in [0.4, 0.5) is 5.69 Å². The summed E-state index contributed by atoms with van der Waals surface area (Å²) in [5.41, 5.74) is 2.23. The molecule has 2 fully saturated rings. The third-order valence-corrected chi connectivity index (χ3v) is 4.88. The van der Waals surface area contributed by atoms with Crippen LogP contribution in [-0.4, -0.2) is 53.9 Å². The minimum Gasteiger partial charge on any atom is -0.369 e. The third-order valence-electron chi connectivity index (χ3n) is 4.88. The van der Waals surface area contributed by atoms with Crippen LogP contribution in [0.15, 0.2) is 18.3 Å². The Morgan fingerprint density at radius 2 is 1.82 bits per heavy atom. The molecule has 0 bridgehead atoms. The van der Waals surface area contributed by atoms with Gasteiger partial charge in [0.1, 0.15) is 5.82 Å². The highest BCUT2D eigenvalue weighted by Crippen LogP contribution is 2.20. The van der Waals surface area contributed by atoms with Crippen LogP contribution in [0.2, 0.25) is 0 Å². The van der Waals surface area contributed by atoms with Crippen LogP contribution in [-0.2, 0) is 6.42 Å². The molecule has 22 heavy (non-hydrogen) atoms. The van der Waals surface area contributed by atoms with E-state index in [9.17, 15) is 0 Å². The summed E-state index contributed by atoms with van der Waals surface area (Å²) in [7, 11) is 0. The molecule has 0 atom stereocenters. The number of hydrogen-bond donors (Lipinski definition) is 2. The van der Waals surface area contributed by atoms with Crippen LogP contribution in [0.3, 0.4) is 0 Å². The summed E-state index contributed by atoms with van der Waals surface area (Å²) in [4.78, 5) is 2.41. The van der Waals surface area contributed by atoms with Crippen molar-refractivity contribution in [2.45, 2.75) is 19.3 Å². The molecule has 0 saturated carbocycles. The monoisotopic (exact) mass is 300 g/mol. The van der Waals surface area contributed by atoms with Crippen molar-refractivity contribution in [1.82, 2.24) is 25.2 Å². The SMILES string of the molecule is c1cn2c(CC3CCNCC3)nnc2cc1N1CCNCC1. The number of aromatic nitrogens is 3. The van der Waals surface area contributed by atoms with Crippen molar-refractivity contribution in [3.05, 3.63) is 24.2 Å². The number of nitrogens with zero attached hydrogens (tertiary/aromatic N) is 4. The molecular formula is C16H24N6. The lowest BCUT2D eigenvalue weighted by Crippen LogP contribution is -2.43. The van der Waals surface area contributed by atoms with Gasteiger partial charge in [-0.25, -0.2) is 0 Å². The molecule has 118 valence electrons. The van der Waals surface area contributed by atoms with Crippen molar-refractivity contribution in [2.24, 2.45) is 5.92 Å². The molecule has 0 aromatic carbocycles. The van der Waals surface area contributed by atoms with Crippen molar-refractivity contribution in [1.29, 1.82) is 0 Å². The molecule has 0 amide bonds. The highest BCUT2D eigenvalue weighted by atomic mass is 15.3. The third kappa shape index (κ3) is 2.80. The van der Waals surface area contributed by atoms with Gasteiger partial charge in [0.25, 0.3) is 0 Å². The molecule has 2 aliphatic heterocycles.